The second-order valence-corrected chi connectivity index (χ2v) is 3.76. The molecule has 1 N–H and O–H groups in total. The van der Waals surface area contributed by atoms with Crippen LogP contribution in [0.25, 0.3) is 0 Å². The molecule has 0 spiro atoms. The van der Waals surface area contributed by atoms with Gasteiger partial charge in [0.25, 0.3) is 5.91 Å². The summed E-state index contributed by atoms with van der Waals surface area (Å²) in [7, 11) is 0. The average Bonchev–Trinajstić information content (AvgIpc) is 2.79. The smallest absolute Gasteiger partial charge is 0.273 e. The monoisotopic (exact) mass is 229 g/mol. The minimum Gasteiger partial charge on any atom is -0.321 e. The summed E-state index contributed by atoms with van der Waals surface area (Å²) in [4.78, 5) is 12.0. The van der Waals surface area contributed by atoms with Gasteiger partial charge in [-0.1, -0.05) is 25.1 Å². The second-order valence-electron chi connectivity index (χ2n) is 3.76. The molecule has 0 aliphatic heterocycles. The van der Waals surface area contributed by atoms with Crippen molar-refractivity contribution in [2.45, 2.75) is 19.9 Å². The summed E-state index contributed by atoms with van der Waals surface area (Å²) in [5.41, 5.74) is 1.39. The fourth-order valence-corrected chi connectivity index (χ4v) is 1.63. The molecular formula is C13H15N3O. The molecule has 0 aliphatic rings. The molecule has 88 valence electrons. The summed E-state index contributed by atoms with van der Waals surface area (Å²) < 4.78 is 1.72. The van der Waals surface area contributed by atoms with E-state index in [-0.39, 0.29) is 5.91 Å². The van der Waals surface area contributed by atoms with Gasteiger partial charge in [0.05, 0.1) is 0 Å². The van der Waals surface area contributed by atoms with Crippen LogP contribution in [-0.4, -0.2) is 15.7 Å². The van der Waals surface area contributed by atoms with Crippen LogP contribution in [0.1, 0.15) is 23.8 Å². The molecule has 1 aromatic heterocycles. The van der Waals surface area contributed by atoms with Crippen molar-refractivity contribution in [3.63, 3.8) is 0 Å². The van der Waals surface area contributed by atoms with Crippen molar-refractivity contribution in [3.05, 3.63) is 48.3 Å². The Labute approximate surface area is 100 Å². The van der Waals surface area contributed by atoms with Gasteiger partial charge >= 0.3 is 0 Å². The molecule has 0 fully saturated rings. The topological polar surface area (TPSA) is 46.9 Å². The second kappa shape index (κ2) is 5.30. The molecule has 0 saturated carbocycles. The third-order valence-electron chi connectivity index (χ3n) is 2.42. The molecule has 1 aromatic carbocycles. The molecule has 4 heteroatoms. The van der Waals surface area contributed by atoms with Gasteiger partial charge < -0.3 is 5.32 Å². The maximum absolute atomic E-state index is 12.0. The predicted octanol–water partition coefficient (Wildman–Crippen LogP) is 2.55. The van der Waals surface area contributed by atoms with E-state index in [1.807, 2.05) is 30.3 Å². The zero-order valence-corrected chi connectivity index (χ0v) is 9.76. The molecule has 4 nitrogen and oxygen atoms in total. The van der Waals surface area contributed by atoms with Crippen LogP contribution in [0.3, 0.4) is 0 Å². The number of anilines is 1. The van der Waals surface area contributed by atoms with Gasteiger partial charge in [0.15, 0.2) is 0 Å². The van der Waals surface area contributed by atoms with Gasteiger partial charge in [-0.15, -0.1) is 0 Å². The van der Waals surface area contributed by atoms with Gasteiger partial charge in [0.1, 0.15) is 5.69 Å². The molecule has 0 radical (unpaired) electrons. The van der Waals surface area contributed by atoms with E-state index in [0.29, 0.717) is 5.69 Å². The van der Waals surface area contributed by atoms with Crippen LogP contribution in [0.5, 0.6) is 0 Å². The van der Waals surface area contributed by atoms with Crippen molar-refractivity contribution in [2.75, 3.05) is 5.32 Å². The SMILES string of the molecule is CCCn1nccc1C(=O)Nc1ccccc1. The van der Waals surface area contributed by atoms with Crippen molar-refractivity contribution in [1.29, 1.82) is 0 Å². The van der Waals surface area contributed by atoms with Crippen LogP contribution >= 0.6 is 0 Å². The average molecular weight is 229 g/mol. The van der Waals surface area contributed by atoms with Crippen LogP contribution in [0, 0.1) is 0 Å². The van der Waals surface area contributed by atoms with Gasteiger partial charge in [-0.3, -0.25) is 9.48 Å². The molecule has 0 bridgehead atoms. The molecule has 0 atom stereocenters. The Morgan fingerprint density at radius 1 is 1.29 bits per heavy atom. The van der Waals surface area contributed by atoms with E-state index in [0.717, 1.165) is 18.7 Å². The Bertz CT molecular complexity index is 490. The number of para-hydroxylation sites is 1. The lowest BCUT2D eigenvalue weighted by atomic mass is 10.3. The Morgan fingerprint density at radius 2 is 2.06 bits per heavy atom. The zero-order valence-electron chi connectivity index (χ0n) is 9.76. The lowest BCUT2D eigenvalue weighted by Gasteiger charge is -2.07. The number of aryl methyl sites for hydroxylation is 1. The highest BCUT2D eigenvalue weighted by molar-refractivity contribution is 6.02. The van der Waals surface area contributed by atoms with Crippen LogP contribution in [0.15, 0.2) is 42.6 Å². The first-order valence-corrected chi connectivity index (χ1v) is 5.69. The molecule has 2 rings (SSSR count). The van der Waals surface area contributed by atoms with Crippen LogP contribution in [0.4, 0.5) is 5.69 Å². The number of carbonyl (C=O) groups excluding carboxylic acids is 1. The highest BCUT2D eigenvalue weighted by atomic mass is 16.2. The summed E-state index contributed by atoms with van der Waals surface area (Å²) in [5.74, 6) is -0.123. The van der Waals surface area contributed by atoms with Crippen molar-refractivity contribution in [3.8, 4) is 0 Å². The quantitative estimate of drug-likeness (QED) is 0.875. The van der Waals surface area contributed by atoms with Gasteiger partial charge in [-0.2, -0.15) is 5.10 Å². The van der Waals surface area contributed by atoms with Crippen molar-refractivity contribution in [2.24, 2.45) is 0 Å². The molecule has 1 heterocycles. The predicted molar refractivity (Wildman–Crippen MR) is 66.9 cm³/mol. The first-order valence-electron chi connectivity index (χ1n) is 5.69. The van der Waals surface area contributed by atoms with E-state index in [1.54, 1.807) is 16.9 Å². The highest BCUT2D eigenvalue weighted by Gasteiger charge is 2.11. The molecule has 1 amide bonds. The van der Waals surface area contributed by atoms with Gasteiger partial charge in [0.2, 0.25) is 0 Å². The maximum atomic E-state index is 12.0. The molecule has 17 heavy (non-hydrogen) atoms. The first kappa shape index (κ1) is 11.4. The highest BCUT2D eigenvalue weighted by Crippen LogP contribution is 2.08. The number of benzene rings is 1. The number of hydrogen-bond donors (Lipinski definition) is 1. The lowest BCUT2D eigenvalue weighted by Crippen LogP contribution is -2.17. The number of aromatic nitrogens is 2. The minimum absolute atomic E-state index is 0.123. The number of nitrogens with one attached hydrogen (secondary N) is 1. The Morgan fingerprint density at radius 3 is 2.76 bits per heavy atom. The normalized spacial score (nSPS) is 10.2. The van der Waals surface area contributed by atoms with Gasteiger partial charge in [-0.05, 0) is 24.6 Å². The zero-order chi connectivity index (χ0) is 12.1. The molecule has 0 unspecified atom stereocenters. The van der Waals surface area contributed by atoms with E-state index < -0.39 is 0 Å². The Hall–Kier alpha value is -2.10. The lowest BCUT2D eigenvalue weighted by molar-refractivity contribution is 0.101. The molecule has 0 saturated heterocycles. The van der Waals surface area contributed by atoms with Crippen molar-refractivity contribution < 1.29 is 4.79 Å². The third-order valence-corrected chi connectivity index (χ3v) is 2.42. The third kappa shape index (κ3) is 2.72. The maximum Gasteiger partial charge on any atom is 0.273 e. The first-order chi connectivity index (χ1) is 8.31. The van der Waals surface area contributed by atoms with E-state index in [2.05, 4.69) is 17.3 Å². The summed E-state index contributed by atoms with van der Waals surface area (Å²) in [6, 6.07) is 11.1. The van der Waals surface area contributed by atoms with Crippen molar-refractivity contribution >= 4 is 11.6 Å². The molecule has 0 aliphatic carbocycles. The van der Waals surface area contributed by atoms with Gasteiger partial charge in [-0.25, -0.2) is 0 Å². The fourth-order valence-electron chi connectivity index (χ4n) is 1.63. The van der Waals surface area contributed by atoms with E-state index in [4.69, 9.17) is 0 Å². The number of nitrogens with zero attached hydrogens (tertiary/aromatic N) is 2. The molecular weight excluding hydrogens is 214 g/mol. The van der Waals surface area contributed by atoms with E-state index >= 15 is 0 Å². The minimum atomic E-state index is -0.123. The van der Waals surface area contributed by atoms with E-state index in [1.165, 1.54) is 0 Å². The fraction of sp³-hybridized carbons (Fsp3) is 0.231. The number of rotatable bonds is 4. The summed E-state index contributed by atoms with van der Waals surface area (Å²) in [6.45, 7) is 2.81. The Kier molecular flexibility index (Phi) is 3.55. The summed E-state index contributed by atoms with van der Waals surface area (Å²) in [5, 5.41) is 6.97. The summed E-state index contributed by atoms with van der Waals surface area (Å²) in [6.07, 6.45) is 2.60. The Balaban J connectivity index is 2.12. The summed E-state index contributed by atoms with van der Waals surface area (Å²) >= 11 is 0. The standard InChI is InChI=1S/C13H15N3O/c1-2-10-16-12(8-9-14-16)13(17)15-11-6-4-3-5-7-11/h3-9H,2,10H2,1H3,(H,15,17). The van der Waals surface area contributed by atoms with Crippen molar-refractivity contribution in [1.82, 2.24) is 9.78 Å². The molecule has 2 aromatic rings. The van der Waals surface area contributed by atoms with Crippen LogP contribution in [-0.2, 0) is 6.54 Å². The van der Waals surface area contributed by atoms with Crippen LogP contribution < -0.4 is 5.32 Å². The number of carbonyl (C=O) groups is 1. The number of hydrogen-bond acceptors (Lipinski definition) is 2. The number of amides is 1. The largest absolute Gasteiger partial charge is 0.321 e. The van der Waals surface area contributed by atoms with Crippen LogP contribution in [0.2, 0.25) is 0 Å². The van der Waals surface area contributed by atoms with E-state index in [9.17, 15) is 4.79 Å². The van der Waals surface area contributed by atoms with Gasteiger partial charge in [0, 0.05) is 18.4 Å².